The van der Waals surface area contributed by atoms with Crippen molar-refractivity contribution in [1.29, 1.82) is 0 Å². The Morgan fingerprint density at radius 1 is 1.38 bits per heavy atom. The van der Waals surface area contributed by atoms with Crippen molar-refractivity contribution in [3.63, 3.8) is 0 Å². The van der Waals surface area contributed by atoms with Crippen molar-refractivity contribution >= 4 is 17.3 Å². The summed E-state index contributed by atoms with van der Waals surface area (Å²) in [6.07, 6.45) is 3.97. The highest BCUT2D eigenvalue weighted by Crippen LogP contribution is 2.28. The topological polar surface area (TPSA) is 111 Å². The predicted molar refractivity (Wildman–Crippen MR) is 78.1 cm³/mol. The molecule has 0 saturated heterocycles. The van der Waals surface area contributed by atoms with Gasteiger partial charge in [-0.15, -0.1) is 0 Å². The Hall–Kier alpha value is -2.71. The first kappa shape index (κ1) is 14.7. The van der Waals surface area contributed by atoms with Crippen LogP contribution in [0.5, 0.6) is 0 Å². The predicted octanol–water partition coefficient (Wildman–Crippen LogP) is 1.33. The van der Waals surface area contributed by atoms with Crippen molar-refractivity contribution in [3.8, 4) is 0 Å². The van der Waals surface area contributed by atoms with Crippen LogP contribution in [0.3, 0.4) is 0 Å². The molecule has 2 heterocycles. The highest BCUT2D eigenvalue weighted by atomic mass is 16.6. The summed E-state index contributed by atoms with van der Waals surface area (Å²) in [4.78, 5) is 18.5. The Kier molecular flexibility index (Phi) is 4.31. The normalized spacial score (nSPS) is 10.4. The second kappa shape index (κ2) is 6.16. The Balaban J connectivity index is 2.25. The van der Waals surface area contributed by atoms with Gasteiger partial charge >= 0.3 is 5.69 Å². The van der Waals surface area contributed by atoms with Crippen LogP contribution in [-0.4, -0.2) is 31.7 Å². The van der Waals surface area contributed by atoms with Crippen molar-refractivity contribution in [3.05, 3.63) is 33.9 Å². The summed E-state index contributed by atoms with van der Waals surface area (Å²) in [6.45, 7) is 2.43. The molecule has 9 heteroatoms. The van der Waals surface area contributed by atoms with E-state index in [-0.39, 0.29) is 17.3 Å². The molecule has 9 nitrogen and oxygen atoms in total. The summed E-state index contributed by atoms with van der Waals surface area (Å²) in [5.41, 5.74) is 1.77. The second-order valence-corrected chi connectivity index (χ2v) is 4.41. The fraction of sp³-hybridized carbons (Fsp3) is 0.417. The van der Waals surface area contributed by atoms with Gasteiger partial charge in [0.25, 0.3) is 0 Å². The van der Waals surface area contributed by atoms with Crippen molar-refractivity contribution < 1.29 is 4.92 Å². The number of nitrogens with zero attached hydrogens (tertiary/aromatic N) is 5. The summed E-state index contributed by atoms with van der Waals surface area (Å²) in [5, 5.41) is 21.2. The van der Waals surface area contributed by atoms with E-state index in [1.54, 1.807) is 11.7 Å². The third-order valence-corrected chi connectivity index (χ3v) is 3.01. The van der Waals surface area contributed by atoms with E-state index in [1.807, 2.05) is 20.2 Å². The van der Waals surface area contributed by atoms with Crippen molar-refractivity contribution in [2.45, 2.75) is 19.9 Å². The minimum Gasteiger partial charge on any atom is -0.367 e. The third-order valence-electron chi connectivity index (χ3n) is 3.01. The summed E-state index contributed by atoms with van der Waals surface area (Å²) in [6, 6.07) is 0. The number of rotatable bonds is 6. The van der Waals surface area contributed by atoms with Gasteiger partial charge in [-0.3, -0.25) is 14.8 Å². The molecule has 0 atom stereocenters. The fourth-order valence-corrected chi connectivity index (χ4v) is 2.07. The SMILES string of the molecule is CCc1nn(C)cc1CNc1ncnc(NC)c1[N+](=O)[O-]. The van der Waals surface area contributed by atoms with Crippen LogP contribution in [0.2, 0.25) is 0 Å². The van der Waals surface area contributed by atoms with Crippen LogP contribution in [0.4, 0.5) is 17.3 Å². The van der Waals surface area contributed by atoms with Crippen LogP contribution < -0.4 is 10.6 Å². The Morgan fingerprint density at radius 3 is 2.71 bits per heavy atom. The number of nitro groups is 1. The lowest BCUT2D eigenvalue weighted by molar-refractivity contribution is -0.383. The highest BCUT2D eigenvalue weighted by molar-refractivity contribution is 5.69. The van der Waals surface area contributed by atoms with Crippen LogP contribution in [0.15, 0.2) is 12.5 Å². The molecule has 0 radical (unpaired) electrons. The quantitative estimate of drug-likeness (QED) is 0.610. The van der Waals surface area contributed by atoms with Gasteiger partial charge in [0, 0.05) is 32.4 Å². The molecule has 2 aromatic heterocycles. The Bertz CT molecular complexity index is 653. The Labute approximate surface area is 121 Å². The smallest absolute Gasteiger partial charge is 0.353 e. The van der Waals surface area contributed by atoms with Crippen molar-refractivity contribution in [2.24, 2.45) is 7.05 Å². The van der Waals surface area contributed by atoms with Gasteiger partial charge in [-0.1, -0.05) is 6.92 Å². The van der Waals surface area contributed by atoms with Gasteiger partial charge in [0.1, 0.15) is 6.33 Å². The van der Waals surface area contributed by atoms with Gasteiger partial charge in [0.05, 0.1) is 10.6 Å². The Morgan fingerprint density at radius 2 is 2.10 bits per heavy atom. The van der Waals surface area contributed by atoms with E-state index in [4.69, 9.17) is 0 Å². The molecule has 0 spiro atoms. The molecule has 0 aliphatic rings. The van der Waals surface area contributed by atoms with E-state index in [0.29, 0.717) is 6.54 Å². The lowest BCUT2D eigenvalue weighted by Gasteiger charge is -2.07. The molecule has 21 heavy (non-hydrogen) atoms. The zero-order valence-corrected chi connectivity index (χ0v) is 12.1. The molecule has 2 rings (SSSR count). The number of hydrogen-bond donors (Lipinski definition) is 2. The molecule has 0 bridgehead atoms. The molecule has 112 valence electrons. The van der Waals surface area contributed by atoms with Gasteiger partial charge in [0.2, 0.25) is 11.6 Å². The summed E-state index contributed by atoms with van der Waals surface area (Å²) < 4.78 is 1.73. The first-order valence-electron chi connectivity index (χ1n) is 6.49. The van der Waals surface area contributed by atoms with Crippen LogP contribution in [0.1, 0.15) is 18.2 Å². The molecule has 0 aliphatic heterocycles. The van der Waals surface area contributed by atoms with Crippen LogP contribution in [0.25, 0.3) is 0 Å². The number of hydrogen-bond acceptors (Lipinski definition) is 7. The number of aryl methyl sites for hydroxylation is 2. The number of anilines is 2. The second-order valence-electron chi connectivity index (χ2n) is 4.41. The molecule has 0 amide bonds. The minimum absolute atomic E-state index is 0.165. The van der Waals surface area contributed by atoms with Gasteiger partial charge in [0.15, 0.2) is 0 Å². The van der Waals surface area contributed by atoms with E-state index in [0.717, 1.165) is 17.7 Å². The van der Waals surface area contributed by atoms with E-state index < -0.39 is 4.92 Å². The standard InChI is InChI=1S/C12H17N7O2/c1-4-9-8(6-18(3)17-9)5-14-12-10(19(20)21)11(13-2)15-7-16-12/h6-7H,4-5H2,1-3H3,(H2,13,14,15,16). The molecule has 0 unspecified atom stereocenters. The van der Waals surface area contributed by atoms with Gasteiger partial charge in [-0.05, 0) is 6.42 Å². The maximum absolute atomic E-state index is 11.2. The van der Waals surface area contributed by atoms with Crippen LogP contribution in [-0.2, 0) is 20.0 Å². The molecule has 0 fully saturated rings. The van der Waals surface area contributed by atoms with E-state index >= 15 is 0 Å². The van der Waals surface area contributed by atoms with E-state index in [1.165, 1.54) is 6.33 Å². The average molecular weight is 291 g/mol. The zero-order valence-electron chi connectivity index (χ0n) is 12.1. The minimum atomic E-state index is -0.502. The largest absolute Gasteiger partial charge is 0.367 e. The molecule has 2 N–H and O–H groups in total. The molecular weight excluding hydrogens is 274 g/mol. The fourth-order valence-electron chi connectivity index (χ4n) is 2.07. The van der Waals surface area contributed by atoms with Gasteiger partial charge in [-0.25, -0.2) is 9.97 Å². The highest BCUT2D eigenvalue weighted by Gasteiger charge is 2.22. The maximum Gasteiger partial charge on any atom is 0.353 e. The zero-order chi connectivity index (χ0) is 15.4. The first-order chi connectivity index (χ1) is 10.1. The van der Waals surface area contributed by atoms with Gasteiger partial charge in [-0.2, -0.15) is 5.10 Å². The van der Waals surface area contributed by atoms with Gasteiger partial charge < -0.3 is 10.6 Å². The lowest BCUT2D eigenvalue weighted by atomic mass is 10.2. The first-order valence-corrected chi connectivity index (χ1v) is 6.49. The van der Waals surface area contributed by atoms with Crippen LogP contribution >= 0.6 is 0 Å². The lowest BCUT2D eigenvalue weighted by Crippen LogP contribution is -2.08. The van der Waals surface area contributed by atoms with Crippen molar-refractivity contribution in [2.75, 3.05) is 17.7 Å². The molecule has 0 aliphatic carbocycles. The molecule has 0 aromatic carbocycles. The van der Waals surface area contributed by atoms with E-state index in [2.05, 4.69) is 25.7 Å². The van der Waals surface area contributed by atoms with Crippen molar-refractivity contribution in [1.82, 2.24) is 19.7 Å². The van der Waals surface area contributed by atoms with Crippen LogP contribution in [0, 0.1) is 10.1 Å². The summed E-state index contributed by atoms with van der Waals surface area (Å²) in [7, 11) is 3.42. The average Bonchev–Trinajstić information content (AvgIpc) is 2.84. The number of nitrogens with one attached hydrogen (secondary N) is 2. The monoisotopic (exact) mass is 291 g/mol. The molecule has 0 saturated carbocycles. The number of aromatic nitrogens is 4. The maximum atomic E-state index is 11.2. The van der Waals surface area contributed by atoms with E-state index in [9.17, 15) is 10.1 Å². The molecular formula is C12H17N7O2. The summed E-state index contributed by atoms with van der Waals surface area (Å²) in [5.74, 6) is 0.365. The summed E-state index contributed by atoms with van der Waals surface area (Å²) >= 11 is 0. The molecule has 2 aromatic rings. The third kappa shape index (κ3) is 3.07.